The van der Waals surface area contributed by atoms with Crippen LogP contribution in [0.5, 0.6) is 5.88 Å². The van der Waals surface area contributed by atoms with Crippen LogP contribution in [0.25, 0.3) is 5.57 Å². The minimum absolute atomic E-state index is 0. The molecule has 0 aromatic carbocycles. The summed E-state index contributed by atoms with van der Waals surface area (Å²) in [6, 6.07) is 0. The van der Waals surface area contributed by atoms with E-state index in [4.69, 9.17) is 4.84 Å². The molecule has 0 spiro atoms. The van der Waals surface area contributed by atoms with Gasteiger partial charge in [0.15, 0.2) is 0 Å². The maximum Gasteiger partial charge on any atom is 0.451 e. The topological polar surface area (TPSA) is 73.7 Å². The molecule has 0 atom stereocenters. The van der Waals surface area contributed by atoms with E-state index in [1.165, 1.54) is 19.9 Å². The predicted molar refractivity (Wildman–Crippen MR) is 66.4 cm³/mol. The van der Waals surface area contributed by atoms with E-state index in [1.54, 1.807) is 0 Å². The number of hydrogen-bond acceptors (Lipinski definition) is 6. The Hall–Kier alpha value is -1.35. The summed E-state index contributed by atoms with van der Waals surface area (Å²) in [6.45, 7) is 2.88. The molecule has 0 N–H and O–H groups in total. The van der Waals surface area contributed by atoms with Gasteiger partial charge in [0.1, 0.15) is 0 Å². The van der Waals surface area contributed by atoms with E-state index in [1.807, 2.05) is 0 Å². The van der Waals surface area contributed by atoms with Crippen LogP contribution in [0.1, 0.15) is 25.2 Å². The molecule has 0 saturated carbocycles. The van der Waals surface area contributed by atoms with Crippen LogP contribution in [0.3, 0.4) is 0 Å². The number of methoxy groups -OCH3 is 1. The Bertz CT molecular complexity index is 589. The zero-order chi connectivity index (χ0) is 16.0. The average molecular weight is 391 g/mol. The molecule has 0 amide bonds. The third kappa shape index (κ3) is 5.13. The monoisotopic (exact) mass is 391 g/mol. The molecule has 0 aliphatic heterocycles. The number of aromatic nitrogens is 2. The zero-order valence-corrected chi connectivity index (χ0v) is 14.8. The number of carbonyl (C=O) groups excluding carboxylic acids is 1. The molecule has 0 saturated heterocycles. The Morgan fingerprint density at radius 3 is 2.55 bits per heavy atom. The maximum absolute atomic E-state index is 12.6. The van der Waals surface area contributed by atoms with Gasteiger partial charge < -0.3 is 20.9 Å². The van der Waals surface area contributed by atoms with Gasteiger partial charge in [-0.3, -0.25) is 0 Å². The van der Waals surface area contributed by atoms with Crippen LogP contribution >= 0.6 is 0 Å². The molecular weight excluding hydrogens is 380 g/mol. The van der Waals surface area contributed by atoms with E-state index in [2.05, 4.69) is 26.1 Å². The molecule has 1 heterocycles. The fraction of sp³-hybridized carbons (Fsp3) is 0.333. The van der Waals surface area contributed by atoms with Gasteiger partial charge in [-0.2, -0.15) is 25.1 Å². The molecule has 22 heavy (non-hydrogen) atoms. The smallest absolute Gasteiger partial charge is 0.451 e. The summed E-state index contributed by atoms with van der Waals surface area (Å²) in [5, 5.41) is 3.24. The van der Waals surface area contributed by atoms with E-state index < -0.39 is 23.8 Å². The summed E-state index contributed by atoms with van der Waals surface area (Å²) >= 11 is 0. The quantitative estimate of drug-likeness (QED) is 0.259. The predicted octanol–water partition coefficient (Wildman–Crippen LogP) is 2.33. The van der Waals surface area contributed by atoms with E-state index in [-0.39, 0.29) is 43.8 Å². The Labute approximate surface area is 149 Å². The Morgan fingerprint density at radius 1 is 1.45 bits per heavy atom. The number of hydrogen-bond donors (Lipinski definition) is 0. The molecule has 0 unspecified atom stereocenters. The van der Waals surface area contributed by atoms with Crippen LogP contribution in [-0.4, -0.2) is 29.3 Å². The molecule has 10 heteroatoms. The molecule has 0 aliphatic carbocycles. The number of esters is 1. The molecule has 1 aromatic heterocycles. The van der Waals surface area contributed by atoms with Gasteiger partial charge in [-0.25, -0.2) is 9.78 Å². The van der Waals surface area contributed by atoms with Crippen molar-refractivity contribution >= 4 is 17.8 Å². The summed E-state index contributed by atoms with van der Waals surface area (Å²) in [4.78, 5) is 22.7. The van der Waals surface area contributed by atoms with Crippen LogP contribution in [0.4, 0.5) is 13.2 Å². The van der Waals surface area contributed by atoms with E-state index in [9.17, 15) is 18.0 Å². The van der Waals surface area contributed by atoms with Crippen molar-refractivity contribution in [3.63, 3.8) is 0 Å². The average Bonchev–Trinajstić information content (AvgIpc) is 2.45. The normalized spacial score (nSPS) is 12.0. The van der Waals surface area contributed by atoms with Crippen LogP contribution < -0.4 is 4.84 Å². The molecule has 1 radical (unpaired) electrons. The summed E-state index contributed by atoms with van der Waals surface area (Å²) in [7, 11) is 1.13. The van der Waals surface area contributed by atoms with Gasteiger partial charge in [0.05, 0.1) is 18.2 Å². The Balaban J connectivity index is 0.00000441. The Morgan fingerprint density at radius 2 is 2.09 bits per heavy atom. The molecule has 1 rings (SSSR count). The van der Waals surface area contributed by atoms with Crippen molar-refractivity contribution < 1.29 is 60.2 Å². The van der Waals surface area contributed by atoms with Crippen molar-refractivity contribution in [2.75, 3.05) is 7.11 Å². The fourth-order valence-electron chi connectivity index (χ4n) is 1.34. The van der Waals surface area contributed by atoms with E-state index >= 15 is 0 Å². The molecule has 0 fully saturated rings. The van der Waals surface area contributed by atoms with Crippen molar-refractivity contribution in [2.45, 2.75) is 20.0 Å². The van der Waals surface area contributed by atoms with Gasteiger partial charge in [0, 0.05) is 38.9 Å². The summed E-state index contributed by atoms with van der Waals surface area (Å²) in [5.74, 6) is -2.70. The molecule has 117 valence electrons. The van der Waals surface area contributed by atoms with Crippen molar-refractivity contribution in [2.24, 2.45) is 5.16 Å². The van der Waals surface area contributed by atoms with Crippen LogP contribution in [0.2, 0.25) is 0 Å². The van der Waals surface area contributed by atoms with Gasteiger partial charge in [-0.05, 0) is 6.92 Å². The first-order chi connectivity index (χ1) is 9.85. The first kappa shape index (κ1) is 20.7. The summed E-state index contributed by atoms with van der Waals surface area (Å²) in [6.07, 6.45) is -0.366. The number of allylic oxidation sites excluding steroid dienone is 1. The first-order valence-corrected chi connectivity index (χ1v) is 5.58. The van der Waals surface area contributed by atoms with Crippen LogP contribution in [0, 0.1) is 0 Å². The summed E-state index contributed by atoms with van der Waals surface area (Å²) < 4.78 is 42.3. The second-order valence-corrected chi connectivity index (χ2v) is 3.51. The van der Waals surface area contributed by atoms with Crippen LogP contribution in [0.15, 0.2) is 17.4 Å². The van der Waals surface area contributed by atoms with Crippen molar-refractivity contribution in [1.82, 2.24) is 9.97 Å². The van der Waals surface area contributed by atoms with Crippen molar-refractivity contribution in [1.29, 1.82) is 0 Å². The molecular formula is C12H11F3N3O3Y-. The standard InChI is InChI=1S/C12H11F3N3O3.Y/c1-4-7(10(19)20-3)8-6-16-11(12(13,14)15)18-9(8)21-17-5-2;/h4,6H,1-3H3;/q-1;/b7-4+;. The minimum Gasteiger partial charge on any atom is -0.465 e. The SMILES string of the molecule is C[C-]=NOc1nc(C(F)(F)F)ncc1/C(=C\C)C(=O)OC.[Y]. The van der Waals surface area contributed by atoms with Gasteiger partial charge >= 0.3 is 12.1 Å². The third-order valence-electron chi connectivity index (χ3n) is 2.21. The number of nitrogens with zero attached hydrogens (tertiary/aromatic N) is 3. The minimum atomic E-state index is -4.75. The molecule has 1 aromatic rings. The van der Waals surface area contributed by atoms with Gasteiger partial charge in [0.25, 0.3) is 5.88 Å². The largest absolute Gasteiger partial charge is 0.465 e. The third-order valence-corrected chi connectivity index (χ3v) is 2.21. The second kappa shape index (κ2) is 8.94. The zero-order valence-electron chi connectivity index (χ0n) is 11.9. The van der Waals surface area contributed by atoms with Gasteiger partial charge in [-0.1, -0.05) is 6.08 Å². The van der Waals surface area contributed by atoms with E-state index in [0.29, 0.717) is 0 Å². The van der Waals surface area contributed by atoms with Crippen molar-refractivity contribution in [3.05, 3.63) is 23.7 Å². The first-order valence-electron chi connectivity index (χ1n) is 5.58. The van der Waals surface area contributed by atoms with E-state index in [0.717, 1.165) is 13.3 Å². The number of rotatable bonds is 4. The fourth-order valence-corrected chi connectivity index (χ4v) is 1.34. The molecule has 0 bridgehead atoms. The molecule has 0 aliphatic rings. The van der Waals surface area contributed by atoms with Gasteiger partial charge in [-0.15, -0.1) is 0 Å². The van der Waals surface area contributed by atoms with Crippen molar-refractivity contribution in [3.8, 4) is 5.88 Å². The van der Waals surface area contributed by atoms with Crippen LogP contribution in [-0.2, 0) is 48.4 Å². The molecule has 6 nitrogen and oxygen atoms in total. The summed E-state index contributed by atoms with van der Waals surface area (Å²) in [5.41, 5.74) is -0.121. The number of alkyl halides is 3. The maximum atomic E-state index is 12.6. The number of carbonyl (C=O) groups is 1. The number of halogens is 3. The number of ether oxygens (including phenoxy) is 1. The van der Waals surface area contributed by atoms with Gasteiger partial charge in [0.2, 0.25) is 5.82 Å². The Kier molecular flexibility index (Phi) is 8.40. The second-order valence-electron chi connectivity index (χ2n) is 3.51.